The third-order valence-electron chi connectivity index (χ3n) is 3.98. The van der Waals surface area contributed by atoms with E-state index in [4.69, 9.17) is 5.73 Å². The average Bonchev–Trinajstić information content (AvgIpc) is 2.79. The Labute approximate surface area is 127 Å². The fourth-order valence-corrected chi connectivity index (χ4v) is 6.57. The molecule has 1 aliphatic rings. The summed E-state index contributed by atoms with van der Waals surface area (Å²) < 4.78 is 28.8. The minimum atomic E-state index is -3.51. The summed E-state index contributed by atoms with van der Waals surface area (Å²) in [5.41, 5.74) is 5.39. The summed E-state index contributed by atoms with van der Waals surface area (Å²) in [7, 11) is -3.51. The van der Waals surface area contributed by atoms with Crippen molar-refractivity contribution in [1.29, 1.82) is 0 Å². The van der Waals surface area contributed by atoms with Gasteiger partial charge in [-0.3, -0.25) is 0 Å². The molecule has 1 aromatic rings. The monoisotopic (exact) mass is 366 g/mol. The van der Waals surface area contributed by atoms with Gasteiger partial charge in [-0.25, -0.2) is 13.1 Å². The van der Waals surface area contributed by atoms with E-state index in [-0.39, 0.29) is 5.92 Å². The number of hydrogen-bond donors (Lipinski definition) is 2. The normalized spacial score (nSPS) is 28.5. The second-order valence-electron chi connectivity index (χ2n) is 5.17. The predicted molar refractivity (Wildman–Crippen MR) is 81.8 cm³/mol. The largest absolute Gasteiger partial charge is 0.329 e. The summed E-state index contributed by atoms with van der Waals surface area (Å²) >= 11 is 4.50. The van der Waals surface area contributed by atoms with Crippen LogP contribution in [0.3, 0.4) is 0 Å². The molecule has 2 rings (SSSR count). The molecule has 7 heteroatoms. The van der Waals surface area contributed by atoms with Crippen LogP contribution in [0.5, 0.6) is 0 Å². The van der Waals surface area contributed by atoms with Crippen LogP contribution in [0.25, 0.3) is 0 Å². The van der Waals surface area contributed by atoms with Crippen molar-refractivity contribution < 1.29 is 8.42 Å². The van der Waals surface area contributed by atoms with Gasteiger partial charge >= 0.3 is 0 Å². The number of rotatable bonds is 4. The van der Waals surface area contributed by atoms with Crippen molar-refractivity contribution in [2.45, 2.75) is 42.4 Å². The van der Waals surface area contributed by atoms with Crippen molar-refractivity contribution in [3.05, 3.63) is 15.9 Å². The number of thiophene rings is 1. The predicted octanol–water partition coefficient (Wildman–Crippen LogP) is 2.70. The number of hydrogen-bond acceptors (Lipinski definition) is 4. The highest BCUT2D eigenvalue weighted by atomic mass is 79.9. The molecule has 0 aliphatic heterocycles. The Morgan fingerprint density at radius 2 is 2.32 bits per heavy atom. The molecule has 0 aromatic carbocycles. The van der Waals surface area contributed by atoms with Crippen molar-refractivity contribution in [2.75, 3.05) is 6.54 Å². The minimum absolute atomic E-state index is 0.264. The maximum absolute atomic E-state index is 12.5. The van der Waals surface area contributed by atoms with Crippen LogP contribution in [0.15, 0.2) is 20.1 Å². The highest BCUT2D eigenvalue weighted by Gasteiger charge is 2.41. The van der Waals surface area contributed by atoms with Crippen LogP contribution in [0.2, 0.25) is 0 Å². The van der Waals surface area contributed by atoms with Gasteiger partial charge in [0.1, 0.15) is 4.21 Å². The number of halogens is 1. The van der Waals surface area contributed by atoms with E-state index in [1.165, 1.54) is 11.3 Å². The minimum Gasteiger partial charge on any atom is -0.329 e. The molecule has 4 nitrogen and oxygen atoms in total. The fraction of sp³-hybridized carbons (Fsp3) is 0.667. The molecule has 1 saturated carbocycles. The third-order valence-corrected chi connectivity index (χ3v) is 8.21. The average molecular weight is 367 g/mol. The lowest BCUT2D eigenvalue weighted by atomic mass is 9.74. The van der Waals surface area contributed by atoms with Gasteiger partial charge in [0.15, 0.2) is 0 Å². The molecule has 0 amide bonds. The van der Waals surface area contributed by atoms with Gasteiger partial charge in [0.2, 0.25) is 0 Å². The fourth-order valence-electron chi connectivity index (χ4n) is 2.70. The molecule has 1 heterocycles. The van der Waals surface area contributed by atoms with E-state index >= 15 is 0 Å². The number of nitrogens with one attached hydrogen (secondary N) is 1. The lowest BCUT2D eigenvalue weighted by Crippen LogP contribution is -2.58. The molecule has 108 valence electrons. The van der Waals surface area contributed by atoms with Crippen LogP contribution in [0.4, 0.5) is 0 Å². The van der Waals surface area contributed by atoms with Crippen LogP contribution in [-0.2, 0) is 10.0 Å². The summed E-state index contributed by atoms with van der Waals surface area (Å²) in [6.45, 7) is 2.42. The van der Waals surface area contributed by atoms with Gasteiger partial charge in [-0.1, -0.05) is 19.8 Å². The van der Waals surface area contributed by atoms with E-state index in [2.05, 4.69) is 27.6 Å². The Bertz CT molecular complexity index is 544. The van der Waals surface area contributed by atoms with Crippen molar-refractivity contribution in [3.8, 4) is 0 Å². The first kappa shape index (κ1) is 15.4. The zero-order valence-electron chi connectivity index (χ0n) is 10.9. The summed E-state index contributed by atoms with van der Waals surface area (Å²) in [6, 6.07) is 1.75. The smallest absolute Gasteiger partial charge is 0.251 e. The first-order valence-corrected chi connectivity index (χ1v) is 9.54. The zero-order valence-corrected chi connectivity index (χ0v) is 14.1. The molecule has 0 spiro atoms. The Balaban J connectivity index is 2.30. The number of nitrogens with two attached hydrogens (primary N) is 1. The second kappa shape index (κ2) is 5.81. The van der Waals surface area contributed by atoms with Gasteiger partial charge in [0.05, 0.1) is 0 Å². The zero-order chi connectivity index (χ0) is 14.1. The van der Waals surface area contributed by atoms with Crippen LogP contribution in [0.1, 0.15) is 32.6 Å². The summed E-state index contributed by atoms with van der Waals surface area (Å²) in [6.07, 6.45) is 4.00. The molecule has 0 radical (unpaired) electrons. The molecule has 3 N–H and O–H groups in total. The maximum Gasteiger partial charge on any atom is 0.251 e. The van der Waals surface area contributed by atoms with Gasteiger partial charge in [-0.2, -0.15) is 0 Å². The summed E-state index contributed by atoms with van der Waals surface area (Å²) in [5, 5.41) is 1.76. The SMILES string of the molecule is CC1CCCCC1(CN)NS(=O)(=O)c1sccc1Br. The lowest BCUT2D eigenvalue weighted by molar-refractivity contribution is 0.191. The molecule has 1 fully saturated rings. The van der Waals surface area contributed by atoms with Crippen molar-refractivity contribution >= 4 is 37.3 Å². The molecule has 19 heavy (non-hydrogen) atoms. The van der Waals surface area contributed by atoms with E-state index in [1.807, 2.05) is 0 Å². The van der Waals surface area contributed by atoms with E-state index in [0.717, 1.165) is 25.7 Å². The van der Waals surface area contributed by atoms with Crippen LogP contribution in [-0.4, -0.2) is 20.5 Å². The van der Waals surface area contributed by atoms with Gasteiger partial charge in [-0.15, -0.1) is 11.3 Å². The first-order valence-electron chi connectivity index (χ1n) is 6.38. The molecule has 2 atom stereocenters. The molecule has 2 unspecified atom stereocenters. The summed E-state index contributed by atoms with van der Waals surface area (Å²) in [5.74, 6) is 0.264. The van der Waals surface area contributed by atoms with Crippen LogP contribution in [0, 0.1) is 5.92 Å². The molecule has 0 bridgehead atoms. The van der Waals surface area contributed by atoms with Gasteiger partial charge in [0.25, 0.3) is 10.0 Å². The van der Waals surface area contributed by atoms with Crippen LogP contribution < -0.4 is 10.5 Å². The van der Waals surface area contributed by atoms with E-state index in [1.54, 1.807) is 11.4 Å². The van der Waals surface area contributed by atoms with Crippen LogP contribution >= 0.6 is 27.3 Å². The topological polar surface area (TPSA) is 72.2 Å². The molecule has 0 saturated heterocycles. The van der Waals surface area contributed by atoms with Crippen molar-refractivity contribution in [2.24, 2.45) is 11.7 Å². The standard InChI is InChI=1S/C12H19BrN2O2S2/c1-9-4-2-3-6-12(9,8-14)15-19(16,17)11-10(13)5-7-18-11/h5,7,9,15H,2-4,6,8,14H2,1H3. The molecule has 1 aromatic heterocycles. The Hall–Kier alpha value is 0.0500. The highest BCUT2D eigenvalue weighted by molar-refractivity contribution is 9.10. The third kappa shape index (κ3) is 3.05. The number of sulfonamides is 1. The second-order valence-corrected chi connectivity index (χ2v) is 8.82. The van der Waals surface area contributed by atoms with E-state index in [9.17, 15) is 8.42 Å². The Morgan fingerprint density at radius 3 is 2.84 bits per heavy atom. The first-order chi connectivity index (χ1) is 8.91. The van der Waals surface area contributed by atoms with E-state index < -0.39 is 15.6 Å². The maximum atomic E-state index is 12.5. The summed E-state index contributed by atoms with van der Waals surface area (Å²) in [4.78, 5) is 0. The Kier molecular flexibility index (Phi) is 4.72. The van der Waals surface area contributed by atoms with E-state index in [0.29, 0.717) is 15.2 Å². The molecule has 1 aliphatic carbocycles. The molecular formula is C12H19BrN2O2S2. The van der Waals surface area contributed by atoms with Crippen molar-refractivity contribution in [1.82, 2.24) is 4.72 Å². The Morgan fingerprint density at radius 1 is 1.58 bits per heavy atom. The van der Waals surface area contributed by atoms with Gasteiger partial charge in [-0.05, 0) is 46.1 Å². The van der Waals surface area contributed by atoms with Gasteiger partial charge < -0.3 is 5.73 Å². The van der Waals surface area contributed by atoms with Crippen molar-refractivity contribution in [3.63, 3.8) is 0 Å². The molecular weight excluding hydrogens is 348 g/mol. The quantitative estimate of drug-likeness (QED) is 0.860. The lowest BCUT2D eigenvalue weighted by Gasteiger charge is -2.42. The highest BCUT2D eigenvalue weighted by Crippen LogP contribution is 2.36. The van der Waals surface area contributed by atoms with Gasteiger partial charge in [0, 0.05) is 16.6 Å².